The molecule has 0 bridgehead atoms. The fourth-order valence-corrected chi connectivity index (χ4v) is 5.83. The number of hydrogen-bond donors (Lipinski definition) is 0. The van der Waals surface area contributed by atoms with Gasteiger partial charge in [0.15, 0.2) is 5.76 Å². The second-order valence-electron chi connectivity index (χ2n) is 10.1. The maximum Gasteiger partial charge on any atom is 0.294 e. The van der Waals surface area contributed by atoms with Crippen LogP contribution in [-0.2, 0) is 11.4 Å². The maximum atomic E-state index is 12.4. The van der Waals surface area contributed by atoms with E-state index in [4.69, 9.17) is 18.6 Å². The largest absolute Gasteiger partial charge is 0.497 e. The molecule has 0 N–H and O–H groups in total. The molecule has 0 spiro atoms. The molecule has 4 heterocycles. The molecule has 5 aromatic rings. The Labute approximate surface area is 234 Å². The SMILES string of the molecule is COc1cc(COc2cccc(N3CCN(C(=O)C4CC4)CC3)c2)c2cc(-c3cn4nc(OC)sc4n3)oc2c1. The van der Waals surface area contributed by atoms with Crippen molar-refractivity contribution in [1.82, 2.24) is 19.5 Å². The summed E-state index contributed by atoms with van der Waals surface area (Å²) in [7, 11) is 3.23. The molecule has 2 aliphatic rings. The molecule has 1 saturated carbocycles. The van der Waals surface area contributed by atoms with Crippen LogP contribution in [0.5, 0.6) is 16.7 Å². The van der Waals surface area contributed by atoms with Gasteiger partial charge in [0, 0.05) is 60.9 Å². The Morgan fingerprint density at radius 1 is 1.05 bits per heavy atom. The number of carbonyl (C=O) groups excluding carboxylic acids is 1. The first-order valence-corrected chi connectivity index (χ1v) is 14.2. The number of furan rings is 1. The predicted molar refractivity (Wildman–Crippen MR) is 151 cm³/mol. The molecule has 11 heteroatoms. The molecular weight excluding hydrogens is 530 g/mol. The molecule has 1 saturated heterocycles. The first-order valence-electron chi connectivity index (χ1n) is 13.4. The van der Waals surface area contributed by atoms with Crippen LogP contribution in [0.3, 0.4) is 0 Å². The molecule has 206 valence electrons. The van der Waals surface area contributed by atoms with Gasteiger partial charge in [0.1, 0.15) is 29.4 Å². The van der Waals surface area contributed by atoms with Gasteiger partial charge in [-0.2, -0.15) is 0 Å². The molecule has 0 unspecified atom stereocenters. The van der Waals surface area contributed by atoms with Gasteiger partial charge in [-0.1, -0.05) is 6.07 Å². The van der Waals surface area contributed by atoms with Crippen molar-refractivity contribution < 1.29 is 23.4 Å². The molecular formula is C29H29N5O5S. The van der Waals surface area contributed by atoms with Crippen LogP contribution in [0.1, 0.15) is 18.4 Å². The van der Waals surface area contributed by atoms with Crippen molar-refractivity contribution >= 4 is 38.9 Å². The fourth-order valence-electron chi connectivity index (χ4n) is 5.13. The highest BCUT2D eigenvalue weighted by molar-refractivity contribution is 7.18. The molecule has 40 heavy (non-hydrogen) atoms. The number of nitrogens with zero attached hydrogens (tertiary/aromatic N) is 5. The lowest BCUT2D eigenvalue weighted by Gasteiger charge is -2.36. The Morgan fingerprint density at radius 3 is 2.65 bits per heavy atom. The molecule has 2 aromatic carbocycles. The average Bonchev–Trinajstić information content (AvgIpc) is 3.44. The molecule has 10 nitrogen and oxygen atoms in total. The van der Waals surface area contributed by atoms with E-state index in [9.17, 15) is 4.79 Å². The number of ether oxygens (including phenoxy) is 3. The van der Waals surface area contributed by atoms with Crippen LogP contribution < -0.4 is 19.1 Å². The number of amides is 1. The van der Waals surface area contributed by atoms with E-state index in [2.05, 4.69) is 27.1 Å². The molecule has 1 aliphatic heterocycles. The summed E-state index contributed by atoms with van der Waals surface area (Å²) in [6.45, 7) is 3.53. The number of anilines is 1. The Balaban J connectivity index is 1.08. The number of methoxy groups -OCH3 is 2. The zero-order valence-corrected chi connectivity index (χ0v) is 23.1. The summed E-state index contributed by atoms with van der Waals surface area (Å²) in [4.78, 5) is 22.1. The third kappa shape index (κ3) is 4.70. The minimum atomic E-state index is 0.274. The average molecular weight is 560 g/mol. The number of rotatable bonds is 8. The van der Waals surface area contributed by atoms with Gasteiger partial charge in [0.05, 0.1) is 20.4 Å². The highest BCUT2D eigenvalue weighted by Crippen LogP contribution is 2.35. The molecule has 0 radical (unpaired) electrons. The lowest BCUT2D eigenvalue weighted by Crippen LogP contribution is -2.49. The number of benzene rings is 2. The summed E-state index contributed by atoms with van der Waals surface area (Å²) < 4.78 is 24.9. The summed E-state index contributed by atoms with van der Waals surface area (Å²) in [5.41, 5.74) is 3.43. The highest BCUT2D eigenvalue weighted by atomic mass is 32.1. The number of carbonyl (C=O) groups is 1. The van der Waals surface area contributed by atoms with E-state index in [-0.39, 0.29) is 5.92 Å². The quantitative estimate of drug-likeness (QED) is 0.266. The van der Waals surface area contributed by atoms with Crippen LogP contribution in [0.25, 0.3) is 27.4 Å². The summed E-state index contributed by atoms with van der Waals surface area (Å²) in [6, 6.07) is 14.0. The van der Waals surface area contributed by atoms with Gasteiger partial charge >= 0.3 is 0 Å². The van der Waals surface area contributed by atoms with Crippen LogP contribution in [0.4, 0.5) is 5.69 Å². The number of hydrogen-bond acceptors (Lipinski definition) is 9. The molecule has 7 rings (SSSR count). The summed E-state index contributed by atoms with van der Waals surface area (Å²) >= 11 is 1.37. The van der Waals surface area contributed by atoms with Crippen molar-refractivity contribution in [2.75, 3.05) is 45.3 Å². The van der Waals surface area contributed by atoms with Crippen LogP contribution in [0, 0.1) is 5.92 Å². The second-order valence-corrected chi connectivity index (χ2v) is 11.0. The van der Waals surface area contributed by atoms with Crippen molar-refractivity contribution in [1.29, 1.82) is 0 Å². The molecule has 1 amide bonds. The Bertz CT molecular complexity index is 1660. The highest BCUT2D eigenvalue weighted by Gasteiger charge is 2.34. The van der Waals surface area contributed by atoms with E-state index in [1.54, 1.807) is 18.7 Å². The second kappa shape index (κ2) is 10.1. The third-order valence-electron chi connectivity index (χ3n) is 7.48. The number of piperazine rings is 1. The molecule has 1 aliphatic carbocycles. The van der Waals surface area contributed by atoms with Crippen LogP contribution in [0.15, 0.2) is 53.1 Å². The van der Waals surface area contributed by atoms with E-state index >= 15 is 0 Å². The molecule has 3 aromatic heterocycles. The van der Waals surface area contributed by atoms with E-state index < -0.39 is 0 Å². The number of imidazole rings is 1. The Kier molecular flexibility index (Phi) is 6.22. The van der Waals surface area contributed by atoms with Crippen LogP contribution >= 0.6 is 11.3 Å². The van der Waals surface area contributed by atoms with Crippen molar-refractivity contribution in [3.8, 4) is 28.1 Å². The zero-order valence-electron chi connectivity index (χ0n) is 22.3. The van der Waals surface area contributed by atoms with Crippen LogP contribution in [-0.4, -0.2) is 65.8 Å². The van der Waals surface area contributed by atoms with Gasteiger partial charge < -0.3 is 28.4 Å². The number of fused-ring (bicyclic) bond motifs is 2. The standard InChI is InChI=1S/C29H29N5O5S/c1-36-22-12-19(23-15-26(39-25(23)14-22)24-16-34-28(30-24)40-29(31-34)37-2)17-38-21-5-3-4-20(13-21)32-8-10-33(11-9-32)27(35)18-6-7-18/h3-5,12-16,18H,6-11,17H2,1-2H3. The number of aromatic nitrogens is 3. The Morgan fingerprint density at radius 2 is 1.90 bits per heavy atom. The van der Waals surface area contributed by atoms with Crippen molar-refractivity contribution in [3.63, 3.8) is 0 Å². The van der Waals surface area contributed by atoms with E-state index in [1.165, 1.54) is 11.3 Å². The molecule has 0 atom stereocenters. The van der Waals surface area contributed by atoms with Gasteiger partial charge in [0.2, 0.25) is 10.9 Å². The summed E-state index contributed by atoms with van der Waals surface area (Å²) in [5, 5.41) is 5.84. The zero-order chi connectivity index (χ0) is 27.2. The fraction of sp³-hybridized carbons (Fsp3) is 0.345. The lowest BCUT2D eigenvalue weighted by molar-refractivity contribution is -0.132. The van der Waals surface area contributed by atoms with Gasteiger partial charge in [-0.3, -0.25) is 4.79 Å². The maximum absolute atomic E-state index is 12.4. The van der Waals surface area contributed by atoms with Gasteiger partial charge in [0.25, 0.3) is 5.19 Å². The van der Waals surface area contributed by atoms with Crippen LogP contribution in [0.2, 0.25) is 0 Å². The van der Waals surface area contributed by atoms with E-state index in [0.717, 1.165) is 66.4 Å². The van der Waals surface area contributed by atoms with Crippen molar-refractivity contribution in [2.24, 2.45) is 5.92 Å². The lowest BCUT2D eigenvalue weighted by atomic mass is 10.1. The minimum Gasteiger partial charge on any atom is -0.497 e. The van der Waals surface area contributed by atoms with Gasteiger partial charge in [-0.25, -0.2) is 9.50 Å². The summed E-state index contributed by atoms with van der Waals surface area (Å²) in [6.07, 6.45) is 3.92. The molecule has 2 fully saturated rings. The van der Waals surface area contributed by atoms with E-state index in [1.807, 2.05) is 41.4 Å². The predicted octanol–water partition coefficient (Wildman–Crippen LogP) is 4.86. The minimum absolute atomic E-state index is 0.274. The monoisotopic (exact) mass is 559 g/mol. The van der Waals surface area contributed by atoms with Crippen molar-refractivity contribution in [3.05, 3.63) is 54.2 Å². The van der Waals surface area contributed by atoms with Gasteiger partial charge in [-0.05, 0) is 48.4 Å². The Hall–Kier alpha value is -4.25. The van der Waals surface area contributed by atoms with Crippen molar-refractivity contribution in [2.45, 2.75) is 19.4 Å². The normalized spacial score (nSPS) is 15.7. The topological polar surface area (TPSA) is 94.6 Å². The first kappa shape index (κ1) is 24.8. The summed E-state index contributed by atoms with van der Waals surface area (Å²) in [5.74, 6) is 2.71. The van der Waals surface area contributed by atoms with E-state index in [0.29, 0.717) is 40.5 Å². The third-order valence-corrected chi connectivity index (χ3v) is 8.36. The first-order chi connectivity index (χ1) is 19.6. The van der Waals surface area contributed by atoms with Gasteiger partial charge in [-0.15, -0.1) is 5.10 Å². The smallest absolute Gasteiger partial charge is 0.294 e.